The van der Waals surface area contributed by atoms with Crippen LogP contribution in [0.1, 0.15) is 11.4 Å². The molecule has 1 N–H and O–H groups in total. The van der Waals surface area contributed by atoms with Crippen LogP contribution in [0.3, 0.4) is 0 Å². The maximum atomic E-state index is 13.0. The van der Waals surface area contributed by atoms with Gasteiger partial charge in [0.1, 0.15) is 13.1 Å². The highest BCUT2D eigenvalue weighted by Crippen LogP contribution is 2.35. The van der Waals surface area contributed by atoms with Crippen molar-refractivity contribution in [3.8, 4) is 0 Å². The molecule has 6 nitrogen and oxygen atoms in total. The molecule has 25 heavy (non-hydrogen) atoms. The van der Waals surface area contributed by atoms with E-state index < -0.39 is 0 Å². The summed E-state index contributed by atoms with van der Waals surface area (Å²) in [6.45, 7) is 3.90. The molecule has 2 heterocycles. The standard InChI is InChI=1S/C19H18N4O2/c1-12-9-13(2)23(21-12)11-18(25)22-10-17(24)20-15-7-3-5-14-6-4-8-16(22)19(14)15/h3-9H,10-11H2,1-2H3,(H,20,24). The van der Waals surface area contributed by atoms with Gasteiger partial charge in [-0.1, -0.05) is 24.3 Å². The largest absolute Gasteiger partial charge is 0.324 e. The third-order valence-corrected chi connectivity index (χ3v) is 4.44. The van der Waals surface area contributed by atoms with Gasteiger partial charge in [-0.2, -0.15) is 5.10 Å². The summed E-state index contributed by atoms with van der Waals surface area (Å²) in [7, 11) is 0. The quantitative estimate of drug-likeness (QED) is 0.783. The van der Waals surface area contributed by atoms with E-state index in [1.54, 1.807) is 9.58 Å². The molecule has 2 amide bonds. The summed E-state index contributed by atoms with van der Waals surface area (Å²) in [5.74, 6) is -0.365. The SMILES string of the molecule is Cc1cc(C)n(CC(=O)N2CC(=O)Nc3cccc4cccc2c34)n1. The first kappa shape index (κ1) is 15.4. The van der Waals surface area contributed by atoms with Crippen LogP contribution in [0.25, 0.3) is 10.8 Å². The molecule has 126 valence electrons. The normalized spacial score (nSPS) is 13.7. The molecule has 0 fully saturated rings. The fourth-order valence-corrected chi connectivity index (χ4v) is 3.34. The predicted octanol–water partition coefficient (Wildman–Crippen LogP) is 2.64. The molecule has 6 heteroatoms. The van der Waals surface area contributed by atoms with Gasteiger partial charge in [0.2, 0.25) is 11.8 Å². The van der Waals surface area contributed by atoms with Gasteiger partial charge in [-0.05, 0) is 37.4 Å². The zero-order chi connectivity index (χ0) is 17.6. The Morgan fingerprint density at radius 3 is 2.68 bits per heavy atom. The fourth-order valence-electron chi connectivity index (χ4n) is 3.34. The van der Waals surface area contributed by atoms with Gasteiger partial charge in [-0.15, -0.1) is 0 Å². The number of amides is 2. The van der Waals surface area contributed by atoms with Crippen molar-refractivity contribution in [3.63, 3.8) is 0 Å². The second-order valence-corrected chi connectivity index (χ2v) is 6.29. The summed E-state index contributed by atoms with van der Waals surface area (Å²) in [5.41, 5.74) is 3.27. The molecule has 1 aromatic heterocycles. The van der Waals surface area contributed by atoms with Gasteiger partial charge in [0.15, 0.2) is 0 Å². The highest BCUT2D eigenvalue weighted by atomic mass is 16.2. The number of nitrogens with zero attached hydrogens (tertiary/aromatic N) is 3. The summed E-state index contributed by atoms with van der Waals surface area (Å²) >= 11 is 0. The molecule has 3 aromatic rings. The van der Waals surface area contributed by atoms with E-state index in [9.17, 15) is 9.59 Å². The van der Waals surface area contributed by atoms with Crippen LogP contribution in [0.4, 0.5) is 11.4 Å². The molecule has 0 spiro atoms. The third-order valence-electron chi connectivity index (χ3n) is 4.44. The Kier molecular flexibility index (Phi) is 3.53. The van der Waals surface area contributed by atoms with Crippen LogP contribution >= 0.6 is 0 Å². The van der Waals surface area contributed by atoms with Crippen molar-refractivity contribution in [2.24, 2.45) is 0 Å². The highest BCUT2D eigenvalue weighted by molar-refractivity contribution is 6.16. The fraction of sp³-hybridized carbons (Fsp3) is 0.211. The first-order chi connectivity index (χ1) is 12.0. The van der Waals surface area contributed by atoms with E-state index in [1.807, 2.05) is 56.3 Å². The molecule has 4 rings (SSSR count). The lowest BCUT2D eigenvalue weighted by atomic mass is 10.1. The van der Waals surface area contributed by atoms with Crippen molar-refractivity contribution < 1.29 is 9.59 Å². The minimum Gasteiger partial charge on any atom is -0.324 e. The molecule has 0 saturated heterocycles. The highest BCUT2D eigenvalue weighted by Gasteiger charge is 2.26. The topological polar surface area (TPSA) is 67.2 Å². The van der Waals surface area contributed by atoms with E-state index in [4.69, 9.17) is 0 Å². The average Bonchev–Trinajstić information content (AvgIpc) is 2.80. The number of carbonyl (C=O) groups excluding carboxylic acids is 2. The molecule has 0 bridgehead atoms. The lowest BCUT2D eigenvalue weighted by Gasteiger charge is -2.21. The van der Waals surface area contributed by atoms with Gasteiger partial charge < -0.3 is 10.2 Å². The van der Waals surface area contributed by atoms with E-state index in [0.29, 0.717) is 0 Å². The summed E-state index contributed by atoms with van der Waals surface area (Å²) < 4.78 is 1.67. The smallest absolute Gasteiger partial charge is 0.249 e. The maximum absolute atomic E-state index is 13.0. The van der Waals surface area contributed by atoms with E-state index in [2.05, 4.69) is 10.4 Å². The lowest BCUT2D eigenvalue weighted by Crippen LogP contribution is -2.39. The van der Waals surface area contributed by atoms with E-state index in [1.165, 1.54) is 0 Å². The van der Waals surface area contributed by atoms with E-state index >= 15 is 0 Å². The average molecular weight is 334 g/mol. The van der Waals surface area contributed by atoms with Gasteiger partial charge >= 0.3 is 0 Å². The minimum atomic E-state index is -0.203. The number of benzene rings is 2. The monoisotopic (exact) mass is 334 g/mol. The number of hydrogen-bond donors (Lipinski definition) is 1. The van der Waals surface area contributed by atoms with Crippen LogP contribution in [-0.2, 0) is 16.1 Å². The Bertz CT molecular complexity index is 1000. The van der Waals surface area contributed by atoms with Crippen molar-refractivity contribution in [2.75, 3.05) is 16.8 Å². The zero-order valence-electron chi connectivity index (χ0n) is 14.1. The van der Waals surface area contributed by atoms with Crippen molar-refractivity contribution in [1.29, 1.82) is 0 Å². The van der Waals surface area contributed by atoms with Crippen LogP contribution in [-0.4, -0.2) is 28.1 Å². The number of hydrogen-bond acceptors (Lipinski definition) is 3. The predicted molar refractivity (Wildman–Crippen MR) is 96.6 cm³/mol. The van der Waals surface area contributed by atoms with Crippen molar-refractivity contribution >= 4 is 34.0 Å². The second kappa shape index (κ2) is 5.73. The number of aryl methyl sites for hydroxylation is 2. The van der Waals surface area contributed by atoms with Crippen LogP contribution in [0.15, 0.2) is 42.5 Å². The van der Waals surface area contributed by atoms with Crippen molar-refractivity contribution in [3.05, 3.63) is 53.9 Å². The molecule has 0 saturated carbocycles. The molecule has 2 aromatic carbocycles. The first-order valence-corrected chi connectivity index (χ1v) is 8.16. The summed E-state index contributed by atoms with van der Waals surface area (Å²) in [4.78, 5) is 26.8. The Balaban J connectivity index is 1.79. The maximum Gasteiger partial charge on any atom is 0.249 e. The Morgan fingerprint density at radius 2 is 1.96 bits per heavy atom. The van der Waals surface area contributed by atoms with Crippen molar-refractivity contribution in [1.82, 2.24) is 9.78 Å². The Hall–Kier alpha value is -3.15. The number of anilines is 2. The second-order valence-electron chi connectivity index (χ2n) is 6.29. The van der Waals surface area contributed by atoms with E-state index in [0.717, 1.165) is 33.5 Å². The van der Waals surface area contributed by atoms with Gasteiger partial charge in [0.05, 0.1) is 17.1 Å². The Labute approximate surface area is 145 Å². The van der Waals surface area contributed by atoms with Gasteiger partial charge in [-0.3, -0.25) is 14.3 Å². The van der Waals surface area contributed by atoms with Crippen LogP contribution in [0.5, 0.6) is 0 Å². The molecular formula is C19H18N4O2. The molecule has 0 atom stereocenters. The van der Waals surface area contributed by atoms with E-state index in [-0.39, 0.29) is 24.9 Å². The summed E-state index contributed by atoms with van der Waals surface area (Å²) in [6.07, 6.45) is 0. The lowest BCUT2D eigenvalue weighted by molar-refractivity contribution is -0.122. The van der Waals surface area contributed by atoms with Crippen molar-refractivity contribution in [2.45, 2.75) is 20.4 Å². The Morgan fingerprint density at radius 1 is 1.20 bits per heavy atom. The number of rotatable bonds is 2. The summed E-state index contributed by atoms with van der Waals surface area (Å²) in [5, 5.41) is 9.12. The molecule has 1 aliphatic heterocycles. The third kappa shape index (κ3) is 2.65. The van der Waals surface area contributed by atoms with Crippen LogP contribution in [0, 0.1) is 13.8 Å². The van der Waals surface area contributed by atoms with Crippen LogP contribution < -0.4 is 10.2 Å². The van der Waals surface area contributed by atoms with Gasteiger partial charge in [0.25, 0.3) is 0 Å². The van der Waals surface area contributed by atoms with Gasteiger partial charge in [0, 0.05) is 11.1 Å². The molecule has 0 unspecified atom stereocenters. The number of nitrogens with one attached hydrogen (secondary N) is 1. The minimum absolute atomic E-state index is 0.00801. The number of aromatic nitrogens is 2. The molecule has 0 radical (unpaired) electrons. The zero-order valence-corrected chi connectivity index (χ0v) is 14.1. The molecular weight excluding hydrogens is 316 g/mol. The van der Waals surface area contributed by atoms with Crippen LogP contribution in [0.2, 0.25) is 0 Å². The molecule has 1 aliphatic rings. The summed E-state index contributed by atoms with van der Waals surface area (Å²) in [6, 6.07) is 13.4. The number of carbonyl (C=O) groups is 2. The first-order valence-electron chi connectivity index (χ1n) is 8.16. The van der Waals surface area contributed by atoms with Gasteiger partial charge in [-0.25, -0.2) is 0 Å². The molecule has 0 aliphatic carbocycles.